The molecule has 0 spiro atoms. The molecule has 3 N–H and O–H groups in total. The molecule has 40 heavy (non-hydrogen) atoms. The third-order valence-electron chi connectivity index (χ3n) is 6.51. The van der Waals surface area contributed by atoms with Crippen LogP contribution in [0.1, 0.15) is 31.4 Å². The number of fused-ring (bicyclic) bond motifs is 1. The quantitative estimate of drug-likeness (QED) is 0.269. The molecular weight excluding hydrogens is 532 g/mol. The van der Waals surface area contributed by atoms with Gasteiger partial charge in [0.15, 0.2) is 11.8 Å². The summed E-state index contributed by atoms with van der Waals surface area (Å²) in [7, 11) is 0. The zero-order valence-electron chi connectivity index (χ0n) is 22.7. The van der Waals surface area contributed by atoms with Gasteiger partial charge >= 0.3 is 6.03 Å². The minimum absolute atomic E-state index is 0.0761. The van der Waals surface area contributed by atoms with Crippen LogP contribution >= 0.6 is 11.6 Å². The molecule has 210 valence electrons. The van der Waals surface area contributed by atoms with E-state index in [2.05, 4.69) is 16.0 Å². The van der Waals surface area contributed by atoms with E-state index in [0.29, 0.717) is 40.9 Å². The molecule has 0 saturated carbocycles. The molecule has 0 saturated heterocycles. The molecule has 0 aromatic heterocycles. The van der Waals surface area contributed by atoms with Gasteiger partial charge in [-0.05, 0) is 51.1 Å². The summed E-state index contributed by atoms with van der Waals surface area (Å²) >= 11 is 6.25. The minimum Gasteiger partial charge on any atom is -0.351 e. The van der Waals surface area contributed by atoms with Gasteiger partial charge in [-0.3, -0.25) is 9.59 Å². The molecule has 1 unspecified atom stereocenters. The number of rotatable bonds is 11. The summed E-state index contributed by atoms with van der Waals surface area (Å²) in [4.78, 5) is 42.6. The number of anilines is 3. The predicted octanol–water partition coefficient (Wildman–Crippen LogP) is 5.44. The standard InChI is InChI=1S/C30H33ClN4O5/c1-4-39-27(40-5-2)19-35-25-13-9-6-10-22(25)30(28(35)37,18-26(36)32-21-16-14-20(3)15-17-21)34-29(38)33-24-12-8-7-11-23(24)31/h6-17,27H,4-5,18-19H2,1-3H3,(H,32,36)(H2,33,34,38). The highest BCUT2D eigenvalue weighted by Crippen LogP contribution is 2.43. The van der Waals surface area contributed by atoms with Gasteiger partial charge in [0.2, 0.25) is 5.91 Å². The average molecular weight is 565 g/mol. The third-order valence-corrected chi connectivity index (χ3v) is 6.84. The second-order valence-corrected chi connectivity index (χ2v) is 9.74. The van der Waals surface area contributed by atoms with Gasteiger partial charge < -0.3 is 30.3 Å². The Kier molecular flexibility index (Phi) is 9.42. The summed E-state index contributed by atoms with van der Waals surface area (Å²) in [5.41, 5.74) is 1.32. The number of halogens is 1. The van der Waals surface area contributed by atoms with Crippen molar-refractivity contribution in [3.63, 3.8) is 0 Å². The lowest BCUT2D eigenvalue weighted by molar-refractivity contribution is -0.138. The molecule has 1 heterocycles. The largest absolute Gasteiger partial charge is 0.351 e. The first kappa shape index (κ1) is 29.1. The number of carbonyl (C=O) groups is 3. The van der Waals surface area contributed by atoms with Gasteiger partial charge in [-0.25, -0.2) is 4.79 Å². The van der Waals surface area contributed by atoms with Crippen molar-refractivity contribution in [2.45, 2.75) is 39.0 Å². The fourth-order valence-corrected chi connectivity index (χ4v) is 4.89. The van der Waals surface area contributed by atoms with Crippen molar-refractivity contribution >= 4 is 46.5 Å². The molecule has 9 nitrogen and oxygen atoms in total. The van der Waals surface area contributed by atoms with Gasteiger partial charge in [-0.15, -0.1) is 0 Å². The highest BCUT2D eigenvalue weighted by Gasteiger charge is 2.53. The summed E-state index contributed by atoms with van der Waals surface area (Å²) in [5.74, 6) is -0.926. The minimum atomic E-state index is -1.71. The Labute approximate surface area is 238 Å². The zero-order chi connectivity index (χ0) is 28.7. The highest BCUT2D eigenvalue weighted by atomic mass is 35.5. The lowest BCUT2D eigenvalue weighted by atomic mass is 9.87. The van der Waals surface area contributed by atoms with Crippen LogP contribution in [0, 0.1) is 6.92 Å². The predicted molar refractivity (Wildman–Crippen MR) is 156 cm³/mol. The lowest BCUT2D eigenvalue weighted by Gasteiger charge is -2.30. The lowest BCUT2D eigenvalue weighted by Crippen LogP contribution is -2.56. The molecule has 1 aliphatic rings. The van der Waals surface area contributed by atoms with E-state index in [4.69, 9.17) is 21.1 Å². The van der Waals surface area contributed by atoms with Crippen LogP contribution in [0.4, 0.5) is 21.9 Å². The summed E-state index contributed by atoms with van der Waals surface area (Å²) in [6, 6.07) is 20.4. The van der Waals surface area contributed by atoms with Crippen molar-refractivity contribution < 1.29 is 23.9 Å². The number of urea groups is 1. The van der Waals surface area contributed by atoms with Gasteiger partial charge in [0.1, 0.15) is 0 Å². The number of benzene rings is 3. The molecular formula is C30H33ClN4O5. The number of ether oxygens (including phenoxy) is 2. The van der Waals surface area contributed by atoms with E-state index >= 15 is 0 Å². The maximum Gasteiger partial charge on any atom is 0.320 e. The van der Waals surface area contributed by atoms with Crippen LogP contribution in [0.2, 0.25) is 5.02 Å². The number of para-hydroxylation sites is 2. The van der Waals surface area contributed by atoms with Crippen LogP contribution in [0.25, 0.3) is 0 Å². The molecule has 1 aliphatic heterocycles. The summed E-state index contributed by atoms with van der Waals surface area (Å²) in [6.45, 7) is 6.47. The molecule has 0 aliphatic carbocycles. The van der Waals surface area contributed by atoms with Crippen LogP contribution in [0.15, 0.2) is 72.8 Å². The van der Waals surface area contributed by atoms with Crippen LogP contribution < -0.4 is 20.9 Å². The van der Waals surface area contributed by atoms with Gasteiger partial charge in [-0.1, -0.05) is 59.6 Å². The molecule has 3 aromatic rings. The van der Waals surface area contributed by atoms with E-state index in [-0.39, 0.29) is 13.0 Å². The smallest absolute Gasteiger partial charge is 0.320 e. The van der Waals surface area contributed by atoms with Crippen LogP contribution in [0.5, 0.6) is 0 Å². The molecule has 1 atom stereocenters. The molecule has 4 amide bonds. The monoisotopic (exact) mass is 564 g/mol. The zero-order valence-corrected chi connectivity index (χ0v) is 23.5. The Hall–Kier alpha value is -3.92. The van der Waals surface area contributed by atoms with Crippen molar-refractivity contribution in [2.75, 3.05) is 35.3 Å². The Balaban J connectivity index is 1.70. The van der Waals surface area contributed by atoms with E-state index in [9.17, 15) is 14.4 Å². The number of amides is 4. The maximum atomic E-state index is 14.3. The maximum absolute atomic E-state index is 14.3. The van der Waals surface area contributed by atoms with E-state index in [1.807, 2.05) is 32.9 Å². The highest BCUT2D eigenvalue weighted by molar-refractivity contribution is 6.33. The second kappa shape index (κ2) is 13.0. The van der Waals surface area contributed by atoms with Crippen molar-refractivity contribution in [1.82, 2.24) is 5.32 Å². The topological polar surface area (TPSA) is 109 Å². The van der Waals surface area contributed by atoms with E-state index < -0.39 is 29.7 Å². The van der Waals surface area contributed by atoms with Gasteiger partial charge in [0.25, 0.3) is 5.91 Å². The number of nitrogens with one attached hydrogen (secondary N) is 3. The summed E-state index contributed by atoms with van der Waals surface area (Å²) in [6.07, 6.45) is -1.04. The first-order valence-corrected chi connectivity index (χ1v) is 13.5. The van der Waals surface area contributed by atoms with Crippen LogP contribution in [-0.4, -0.2) is 43.9 Å². The summed E-state index contributed by atoms with van der Waals surface area (Å²) < 4.78 is 11.4. The SMILES string of the molecule is CCOC(CN1C(=O)C(CC(=O)Nc2ccc(C)cc2)(NC(=O)Nc2ccccc2Cl)c2ccccc21)OCC. The van der Waals surface area contributed by atoms with E-state index in [0.717, 1.165) is 5.56 Å². The van der Waals surface area contributed by atoms with Crippen LogP contribution in [0.3, 0.4) is 0 Å². The Morgan fingerprint density at radius 1 is 0.925 bits per heavy atom. The number of aryl methyl sites for hydroxylation is 1. The molecule has 0 radical (unpaired) electrons. The van der Waals surface area contributed by atoms with Gasteiger partial charge in [-0.2, -0.15) is 0 Å². The average Bonchev–Trinajstić information content (AvgIpc) is 3.14. The Bertz CT molecular complexity index is 1360. The van der Waals surface area contributed by atoms with Crippen molar-refractivity contribution in [3.05, 3.63) is 88.9 Å². The van der Waals surface area contributed by atoms with E-state index in [1.54, 1.807) is 60.7 Å². The number of carbonyl (C=O) groups excluding carboxylic acids is 3. The molecule has 0 bridgehead atoms. The number of hydrogen-bond donors (Lipinski definition) is 3. The van der Waals surface area contributed by atoms with Gasteiger partial charge in [0, 0.05) is 24.5 Å². The fourth-order valence-electron chi connectivity index (χ4n) is 4.71. The number of nitrogens with zero attached hydrogens (tertiary/aromatic N) is 1. The first-order chi connectivity index (χ1) is 19.3. The normalized spacial score (nSPS) is 16.1. The molecule has 4 rings (SSSR count). The second-order valence-electron chi connectivity index (χ2n) is 9.33. The summed E-state index contributed by atoms with van der Waals surface area (Å²) in [5, 5.41) is 8.71. The molecule has 10 heteroatoms. The third kappa shape index (κ3) is 6.44. The van der Waals surface area contributed by atoms with Crippen molar-refractivity contribution in [3.8, 4) is 0 Å². The Morgan fingerprint density at radius 3 is 2.25 bits per heavy atom. The molecule has 0 fully saturated rings. The van der Waals surface area contributed by atoms with Gasteiger partial charge in [0.05, 0.1) is 29.4 Å². The van der Waals surface area contributed by atoms with Crippen molar-refractivity contribution in [1.29, 1.82) is 0 Å². The fraction of sp³-hybridized carbons (Fsp3) is 0.300. The van der Waals surface area contributed by atoms with Crippen LogP contribution in [-0.2, 0) is 24.6 Å². The first-order valence-electron chi connectivity index (χ1n) is 13.1. The Morgan fingerprint density at radius 2 is 1.57 bits per heavy atom. The van der Waals surface area contributed by atoms with E-state index in [1.165, 1.54) is 4.90 Å². The molecule has 3 aromatic carbocycles. The van der Waals surface area contributed by atoms with Crippen molar-refractivity contribution in [2.24, 2.45) is 0 Å². The number of hydrogen-bond acceptors (Lipinski definition) is 5.